The summed E-state index contributed by atoms with van der Waals surface area (Å²) in [5.74, 6) is 0.618. The lowest BCUT2D eigenvalue weighted by molar-refractivity contribution is 0.101. The van der Waals surface area contributed by atoms with E-state index >= 15 is 0 Å². The van der Waals surface area contributed by atoms with Crippen LogP contribution in [0, 0.1) is 0 Å². The molecule has 0 saturated carbocycles. The summed E-state index contributed by atoms with van der Waals surface area (Å²) < 4.78 is 0. The van der Waals surface area contributed by atoms with Gasteiger partial charge in [0.1, 0.15) is 5.69 Å². The number of aromatic nitrogens is 2. The zero-order valence-electron chi connectivity index (χ0n) is 5.63. The molecule has 0 amide bonds. The van der Waals surface area contributed by atoms with E-state index in [1.54, 1.807) is 6.20 Å². The van der Waals surface area contributed by atoms with Crippen molar-refractivity contribution in [1.82, 2.24) is 9.97 Å². The van der Waals surface area contributed by atoms with Crippen molar-refractivity contribution in [3.63, 3.8) is 0 Å². The minimum absolute atomic E-state index is 0.102. The SMILES string of the molecule is CSCC(=O)c1cnc[nH]1. The van der Waals surface area contributed by atoms with Crippen LogP contribution < -0.4 is 0 Å². The molecule has 1 N–H and O–H groups in total. The second kappa shape index (κ2) is 3.41. The number of Topliss-reactive ketones (excluding diaryl/α,β-unsaturated/α-hetero) is 1. The number of thioether (sulfide) groups is 1. The predicted molar refractivity (Wildman–Crippen MR) is 41.3 cm³/mol. The zero-order chi connectivity index (χ0) is 7.40. The molecule has 0 aliphatic rings. The fourth-order valence-electron chi connectivity index (χ4n) is 0.617. The standard InChI is InChI=1S/C6H8N2OS/c1-10-3-6(9)5-2-7-4-8-5/h2,4H,3H2,1H3,(H,7,8). The number of ketones is 1. The van der Waals surface area contributed by atoms with E-state index in [1.165, 1.54) is 18.1 Å². The van der Waals surface area contributed by atoms with Crippen LogP contribution in [-0.2, 0) is 0 Å². The van der Waals surface area contributed by atoms with E-state index in [4.69, 9.17) is 0 Å². The number of hydrogen-bond donors (Lipinski definition) is 1. The molecule has 0 fully saturated rings. The highest BCUT2D eigenvalue weighted by Gasteiger charge is 2.03. The molecule has 0 aliphatic heterocycles. The van der Waals surface area contributed by atoms with E-state index in [0.717, 1.165) is 0 Å². The lowest BCUT2D eigenvalue weighted by Crippen LogP contribution is -2.01. The number of carbonyl (C=O) groups excluding carboxylic acids is 1. The highest BCUT2D eigenvalue weighted by molar-refractivity contribution is 7.99. The Labute approximate surface area is 63.2 Å². The van der Waals surface area contributed by atoms with Gasteiger partial charge in [-0.15, -0.1) is 0 Å². The Morgan fingerprint density at radius 2 is 2.70 bits per heavy atom. The van der Waals surface area contributed by atoms with E-state index in [-0.39, 0.29) is 5.78 Å². The van der Waals surface area contributed by atoms with Gasteiger partial charge in [0.2, 0.25) is 0 Å². The van der Waals surface area contributed by atoms with Gasteiger partial charge in [-0.05, 0) is 6.26 Å². The third-order valence-electron chi connectivity index (χ3n) is 1.07. The van der Waals surface area contributed by atoms with Gasteiger partial charge in [-0.1, -0.05) is 0 Å². The van der Waals surface area contributed by atoms with Gasteiger partial charge in [-0.25, -0.2) is 4.98 Å². The molecule has 1 heterocycles. The van der Waals surface area contributed by atoms with Gasteiger partial charge >= 0.3 is 0 Å². The lowest BCUT2D eigenvalue weighted by atomic mass is 10.3. The number of imidazole rings is 1. The average Bonchev–Trinajstić information content (AvgIpc) is 2.38. The molecule has 0 unspecified atom stereocenters. The fourth-order valence-corrected chi connectivity index (χ4v) is 1.03. The topological polar surface area (TPSA) is 45.8 Å². The quantitative estimate of drug-likeness (QED) is 0.663. The molecule has 0 spiro atoms. The number of H-pyrrole nitrogens is 1. The normalized spacial score (nSPS) is 9.70. The van der Waals surface area contributed by atoms with Crippen LogP contribution in [0.25, 0.3) is 0 Å². The fraction of sp³-hybridized carbons (Fsp3) is 0.333. The van der Waals surface area contributed by atoms with Crippen molar-refractivity contribution in [3.05, 3.63) is 18.2 Å². The van der Waals surface area contributed by atoms with Crippen LogP contribution in [0.5, 0.6) is 0 Å². The minimum atomic E-state index is 0.102. The minimum Gasteiger partial charge on any atom is -0.342 e. The van der Waals surface area contributed by atoms with Crippen LogP contribution in [-0.4, -0.2) is 27.8 Å². The molecule has 0 aliphatic carbocycles. The Kier molecular flexibility index (Phi) is 2.50. The van der Waals surface area contributed by atoms with Crippen molar-refractivity contribution in [2.24, 2.45) is 0 Å². The summed E-state index contributed by atoms with van der Waals surface area (Å²) in [5.41, 5.74) is 0.592. The Morgan fingerprint density at radius 1 is 1.90 bits per heavy atom. The molecule has 1 aromatic rings. The van der Waals surface area contributed by atoms with Crippen molar-refractivity contribution in [1.29, 1.82) is 0 Å². The number of hydrogen-bond acceptors (Lipinski definition) is 3. The molecule has 0 saturated heterocycles. The van der Waals surface area contributed by atoms with Crippen molar-refractivity contribution in [2.45, 2.75) is 0 Å². The third-order valence-corrected chi connectivity index (χ3v) is 1.62. The van der Waals surface area contributed by atoms with Crippen LogP contribution in [0.4, 0.5) is 0 Å². The maximum atomic E-state index is 11.0. The predicted octanol–water partition coefficient (Wildman–Crippen LogP) is 0.955. The summed E-state index contributed by atoms with van der Waals surface area (Å²) in [4.78, 5) is 17.5. The van der Waals surface area contributed by atoms with E-state index in [9.17, 15) is 4.79 Å². The van der Waals surface area contributed by atoms with Gasteiger partial charge in [0.05, 0.1) is 18.3 Å². The van der Waals surface area contributed by atoms with E-state index in [0.29, 0.717) is 11.4 Å². The van der Waals surface area contributed by atoms with Crippen LogP contribution in [0.3, 0.4) is 0 Å². The average molecular weight is 156 g/mol. The Bertz CT molecular complexity index is 208. The Hall–Kier alpha value is -0.770. The first-order chi connectivity index (χ1) is 4.84. The highest BCUT2D eigenvalue weighted by atomic mass is 32.2. The molecule has 1 aromatic heterocycles. The molecule has 0 atom stereocenters. The van der Waals surface area contributed by atoms with Crippen LogP contribution in [0.1, 0.15) is 10.5 Å². The Balaban J connectivity index is 2.59. The van der Waals surface area contributed by atoms with Gasteiger partial charge in [0.25, 0.3) is 0 Å². The summed E-state index contributed by atoms with van der Waals surface area (Å²) in [5, 5.41) is 0. The van der Waals surface area contributed by atoms with Gasteiger partial charge in [0.15, 0.2) is 5.78 Å². The van der Waals surface area contributed by atoms with E-state index in [1.807, 2.05) is 6.26 Å². The molecule has 54 valence electrons. The maximum Gasteiger partial charge on any atom is 0.190 e. The molecule has 4 heteroatoms. The largest absolute Gasteiger partial charge is 0.342 e. The summed E-state index contributed by atoms with van der Waals surface area (Å²) in [7, 11) is 0. The van der Waals surface area contributed by atoms with Crippen molar-refractivity contribution >= 4 is 17.5 Å². The second-order valence-electron chi connectivity index (χ2n) is 1.82. The zero-order valence-corrected chi connectivity index (χ0v) is 6.44. The van der Waals surface area contributed by atoms with Gasteiger partial charge in [-0.3, -0.25) is 4.79 Å². The molecule has 0 aromatic carbocycles. The summed E-state index contributed by atoms with van der Waals surface area (Å²) in [6, 6.07) is 0. The highest BCUT2D eigenvalue weighted by Crippen LogP contribution is 1.99. The lowest BCUT2D eigenvalue weighted by Gasteiger charge is -1.90. The molecule has 0 radical (unpaired) electrons. The smallest absolute Gasteiger partial charge is 0.190 e. The molecular weight excluding hydrogens is 148 g/mol. The second-order valence-corrected chi connectivity index (χ2v) is 2.69. The third kappa shape index (κ3) is 1.60. The molecule has 3 nitrogen and oxygen atoms in total. The number of nitrogens with zero attached hydrogens (tertiary/aromatic N) is 1. The molecule has 1 rings (SSSR count). The number of carbonyl (C=O) groups is 1. The monoisotopic (exact) mass is 156 g/mol. The van der Waals surface area contributed by atoms with Crippen LogP contribution in [0.15, 0.2) is 12.5 Å². The Morgan fingerprint density at radius 3 is 3.20 bits per heavy atom. The summed E-state index contributed by atoms with van der Waals surface area (Å²) >= 11 is 1.51. The van der Waals surface area contributed by atoms with Gasteiger partial charge < -0.3 is 4.98 Å². The maximum absolute atomic E-state index is 11.0. The van der Waals surface area contributed by atoms with Crippen LogP contribution in [0.2, 0.25) is 0 Å². The van der Waals surface area contributed by atoms with E-state index < -0.39 is 0 Å². The van der Waals surface area contributed by atoms with Gasteiger partial charge in [0, 0.05) is 0 Å². The van der Waals surface area contributed by atoms with Crippen LogP contribution >= 0.6 is 11.8 Å². The van der Waals surface area contributed by atoms with Crippen molar-refractivity contribution in [2.75, 3.05) is 12.0 Å². The first-order valence-corrected chi connectivity index (χ1v) is 4.24. The van der Waals surface area contributed by atoms with E-state index in [2.05, 4.69) is 9.97 Å². The number of rotatable bonds is 3. The first-order valence-electron chi connectivity index (χ1n) is 2.85. The molecular formula is C6H8N2OS. The summed E-state index contributed by atoms with van der Waals surface area (Å²) in [6.07, 6.45) is 4.94. The van der Waals surface area contributed by atoms with Crippen molar-refractivity contribution < 1.29 is 4.79 Å². The number of aromatic amines is 1. The van der Waals surface area contributed by atoms with Gasteiger partial charge in [-0.2, -0.15) is 11.8 Å². The first kappa shape index (κ1) is 7.34. The molecule has 0 bridgehead atoms. The van der Waals surface area contributed by atoms with Crippen molar-refractivity contribution in [3.8, 4) is 0 Å². The number of nitrogens with one attached hydrogen (secondary N) is 1. The summed E-state index contributed by atoms with van der Waals surface area (Å²) in [6.45, 7) is 0. The molecule has 10 heavy (non-hydrogen) atoms.